The molecule has 1 aromatic heterocycles. The molecule has 0 radical (unpaired) electrons. The Hall–Kier alpha value is -2.56. The number of aromatic nitrogens is 2. The van der Waals surface area contributed by atoms with E-state index in [4.69, 9.17) is 4.74 Å². The van der Waals surface area contributed by atoms with Crippen molar-refractivity contribution in [2.45, 2.75) is 32.9 Å². The molecule has 5 nitrogen and oxygen atoms in total. The molecule has 0 aliphatic carbocycles. The van der Waals surface area contributed by atoms with Gasteiger partial charge in [-0.25, -0.2) is 4.79 Å². The van der Waals surface area contributed by atoms with Crippen molar-refractivity contribution in [1.82, 2.24) is 15.1 Å². The van der Waals surface area contributed by atoms with Crippen molar-refractivity contribution in [2.24, 2.45) is 0 Å². The van der Waals surface area contributed by atoms with Crippen LogP contribution in [0.3, 0.4) is 0 Å². The minimum absolute atomic E-state index is 0.0361. The lowest BCUT2D eigenvalue weighted by Gasteiger charge is -2.18. The second kappa shape index (κ2) is 7.63. The summed E-state index contributed by atoms with van der Waals surface area (Å²) in [6, 6.07) is 9.59. The van der Waals surface area contributed by atoms with Gasteiger partial charge in [-0.3, -0.25) is 4.68 Å². The number of carbonyl (C=O) groups is 1. The monoisotopic (exact) mass is 313 g/mol. The van der Waals surface area contributed by atoms with Crippen LogP contribution in [-0.4, -0.2) is 22.4 Å². The van der Waals surface area contributed by atoms with Crippen LogP contribution in [0, 0.1) is 0 Å². The van der Waals surface area contributed by atoms with Crippen LogP contribution in [0.25, 0.3) is 6.08 Å². The predicted octanol–water partition coefficient (Wildman–Crippen LogP) is 3.58. The second-order valence-electron chi connectivity index (χ2n) is 6.23. The number of amides is 1. The minimum Gasteiger partial charge on any atom is -0.445 e. The summed E-state index contributed by atoms with van der Waals surface area (Å²) >= 11 is 0. The predicted molar refractivity (Wildman–Crippen MR) is 90.9 cm³/mol. The highest BCUT2D eigenvalue weighted by Gasteiger charge is 2.12. The molecule has 122 valence electrons. The molecule has 0 fully saturated rings. The summed E-state index contributed by atoms with van der Waals surface area (Å²) in [7, 11) is 0. The molecule has 1 amide bonds. The third kappa shape index (κ3) is 5.62. The zero-order valence-corrected chi connectivity index (χ0v) is 13.8. The van der Waals surface area contributed by atoms with Crippen LogP contribution in [0.2, 0.25) is 0 Å². The molecule has 1 N–H and O–H groups in total. The Labute approximate surface area is 137 Å². The lowest BCUT2D eigenvalue weighted by molar-refractivity contribution is 0.141. The van der Waals surface area contributed by atoms with Gasteiger partial charge in [-0.2, -0.15) is 5.10 Å². The fraction of sp³-hybridized carbons (Fsp3) is 0.333. The van der Waals surface area contributed by atoms with Gasteiger partial charge in [0.25, 0.3) is 0 Å². The first kappa shape index (κ1) is 16.8. The summed E-state index contributed by atoms with van der Waals surface area (Å²) in [5, 5.41) is 7.00. The van der Waals surface area contributed by atoms with Crippen molar-refractivity contribution in [3.05, 3.63) is 59.9 Å². The fourth-order valence-corrected chi connectivity index (χ4v) is 1.90. The van der Waals surface area contributed by atoms with E-state index in [0.29, 0.717) is 6.54 Å². The number of hydrogen-bond donors (Lipinski definition) is 1. The van der Waals surface area contributed by atoms with Gasteiger partial charge in [0.05, 0.1) is 11.7 Å². The molecule has 1 heterocycles. The van der Waals surface area contributed by atoms with E-state index in [1.165, 1.54) is 0 Å². The first-order valence-electron chi connectivity index (χ1n) is 7.61. The Kier molecular flexibility index (Phi) is 5.57. The molecule has 5 heteroatoms. The van der Waals surface area contributed by atoms with Gasteiger partial charge in [-0.15, -0.1) is 0 Å². The summed E-state index contributed by atoms with van der Waals surface area (Å²) in [6.45, 7) is 6.97. The van der Waals surface area contributed by atoms with Crippen LogP contribution in [0.15, 0.2) is 48.8 Å². The smallest absolute Gasteiger partial charge is 0.407 e. The van der Waals surface area contributed by atoms with Crippen molar-refractivity contribution >= 4 is 12.2 Å². The second-order valence-corrected chi connectivity index (χ2v) is 6.23. The van der Waals surface area contributed by atoms with Gasteiger partial charge in [0.2, 0.25) is 0 Å². The van der Waals surface area contributed by atoms with Crippen molar-refractivity contribution in [3.8, 4) is 0 Å². The molecule has 0 saturated heterocycles. The van der Waals surface area contributed by atoms with Crippen molar-refractivity contribution < 1.29 is 9.53 Å². The number of alkyl carbamates (subject to hydrolysis) is 1. The maximum atomic E-state index is 11.6. The average molecular weight is 313 g/mol. The summed E-state index contributed by atoms with van der Waals surface area (Å²) < 4.78 is 7.04. The SMILES string of the molecule is CC(C)(C)n1cc(C=CCNC(=O)OCc2ccccc2)cn1. The Bertz CT molecular complexity index is 654. The maximum absolute atomic E-state index is 11.6. The Morgan fingerprint density at radius 1 is 1.30 bits per heavy atom. The molecule has 0 aliphatic heterocycles. The number of ether oxygens (including phenoxy) is 1. The van der Waals surface area contributed by atoms with E-state index in [0.717, 1.165) is 11.1 Å². The lowest BCUT2D eigenvalue weighted by Crippen LogP contribution is -2.24. The zero-order chi connectivity index (χ0) is 16.7. The number of rotatable bonds is 5. The summed E-state index contributed by atoms with van der Waals surface area (Å²) in [6.07, 6.45) is 7.14. The first-order chi connectivity index (χ1) is 10.9. The fourth-order valence-electron chi connectivity index (χ4n) is 1.90. The largest absolute Gasteiger partial charge is 0.445 e. The molecule has 0 saturated carbocycles. The number of nitrogens with zero attached hydrogens (tertiary/aromatic N) is 2. The molecule has 0 bridgehead atoms. The van der Waals surface area contributed by atoms with Crippen molar-refractivity contribution in [1.29, 1.82) is 0 Å². The van der Waals surface area contributed by atoms with Crippen LogP contribution in [0.1, 0.15) is 31.9 Å². The van der Waals surface area contributed by atoms with E-state index in [1.807, 2.05) is 53.4 Å². The molecule has 0 aliphatic rings. The van der Waals surface area contributed by atoms with Crippen LogP contribution in [0.5, 0.6) is 0 Å². The van der Waals surface area contributed by atoms with Gasteiger partial charge >= 0.3 is 6.09 Å². The van der Waals surface area contributed by atoms with Gasteiger partial charge in [0.1, 0.15) is 6.61 Å². The molecule has 2 aromatic rings. The molecule has 23 heavy (non-hydrogen) atoms. The molecule has 0 atom stereocenters. The van der Waals surface area contributed by atoms with Crippen LogP contribution in [-0.2, 0) is 16.9 Å². The normalized spacial score (nSPS) is 11.6. The summed E-state index contributed by atoms with van der Waals surface area (Å²) in [5.74, 6) is 0. The quantitative estimate of drug-likeness (QED) is 0.918. The molecule has 0 spiro atoms. The molecular weight excluding hydrogens is 290 g/mol. The van der Waals surface area contributed by atoms with Gasteiger partial charge in [0.15, 0.2) is 0 Å². The number of nitrogens with one attached hydrogen (secondary N) is 1. The first-order valence-corrected chi connectivity index (χ1v) is 7.61. The highest BCUT2D eigenvalue weighted by atomic mass is 16.5. The van der Waals surface area contributed by atoms with E-state index in [9.17, 15) is 4.79 Å². The van der Waals surface area contributed by atoms with E-state index in [-0.39, 0.29) is 12.1 Å². The van der Waals surface area contributed by atoms with E-state index >= 15 is 0 Å². The van der Waals surface area contributed by atoms with E-state index in [2.05, 4.69) is 31.2 Å². The Morgan fingerprint density at radius 2 is 2.04 bits per heavy atom. The van der Waals surface area contributed by atoms with E-state index < -0.39 is 6.09 Å². The lowest BCUT2D eigenvalue weighted by atomic mass is 10.1. The van der Waals surface area contributed by atoms with Crippen LogP contribution >= 0.6 is 0 Å². The van der Waals surface area contributed by atoms with Gasteiger partial charge in [0, 0.05) is 18.3 Å². The number of hydrogen-bond acceptors (Lipinski definition) is 3. The standard InChI is InChI=1S/C18H23N3O2/c1-18(2,3)21-13-16(12-20-21)10-7-11-19-17(22)23-14-15-8-5-4-6-9-15/h4-10,12-13H,11,14H2,1-3H3,(H,19,22). The van der Waals surface area contributed by atoms with Gasteiger partial charge in [-0.1, -0.05) is 42.5 Å². The Morgan fingerprint density at radius 3 is 2.70 bits per heavy atom. The van der Waals surface area contributed by atoms with Crippen LogP contribution < -0.4 is 5.32 Å². The third-order valence-electron chi connectivity index (χ3n) is 3.18. The average Bonchev–Trinajstić information content (AvgIpc) is 3.00. The van der Waals surface area contributed by atoms with Crippen molar-refractivity contribution in [3.63, 3.8) is 0 Å². The minimum atomic E-state index is -0.427. The number of benzene rings is 1. The van der Waals surface area contributed by atoms with Crippen LogP contribution in [0.4, 0.5) is 4.79 Å². The zero-order valence-electron chi connectivity index (χ0n) is 13.8. The van der Waals surface area contributed by atoms with E-state index in [1.54, 1.807) is 6.20 Å². The van der Waals surface area contributed by atoms with Gasteiger partial charge < -0.3 is 10.1 Å². The highest BCUT2D eigenvalue weighted by molar-refractivity contribution is 5.67. The van der Waals surface area contributed by atoms with Crippen molar-refractivity contribution in [2.75, 3.05) is 6.54 Å². The molecule has 2 rings (SSSR count). The third-order valence-corrected chi connectivity index (χ3v) is 3.18. The summed E-state index contributed by atoms with van der Waals surface area (Å²) in [5.41, 5.74) is 1.93. The highest BCUT2D eigenvalue weighted by Crippen LogP contribution is 2.13. The molecule has 1 aromatic carbocycles. The molecule has 0 unspecified atom stereocenters. The maximum Gasteiger partial charge on any atom is 0.407 e. The molecular formula is C18H23N3O2. The summed E-state index contributed by atoms with van der Waals surface area (Å²) in [4.78, 5) is 11.6. The Balaban J connectivity index is 1.72. The number of carbonyl (C=O) groups excluding carboxylic acids is 1. The van der Waals surface area contributed by atoms with Gasteiger partial charge in [-0.05, 0) is 26.3 Å². The topological polar surface area (TPSA) is 56.2 Å².